The summed E-state index contributed by atoms with van der Waals surface area (Å²) in [6.07, 6.45) is 2.64. The van der Waals surface area contributed by atoms with Crippen molar-refractivity contribution in [3.63, 3.8) is 0 Å². The Balaban J connectivity index is 1.85. The van der Waals surface area contributed by atoms with Crippen LogP contribution in [0.5, 0.6) is 0 Å². The summed E-state index contributed by atoms with van der Waals surface area (Å²) in [5.41, 5.74) is 2.70. The molecule has 0 amide bonds. The molecule has 0 aromatic heterocycles. The molecule has 1 aromatic rings. The summed E-state index contributed by atoms with van der Waals surface area (Å²) < 4.78 is 1.22. The molecule has 18 heavy (non-hydrogen) atoms. The van der Waals surface area contributed by atoms with Gasteiger partial charge in [0.15, 0.2) is 0 Å². The molecular weight excluding hydrogens is 288 g/mol. The van der Waals surface area contributed by atoms with Crippen LogP contribution in [0.1, 0.15) is 24.0 Å². The van der Waals surface area contributed by atoms with Gasteiger partial charge in [-0.25, -0.2) is 0 Å². The normalized spacial score (nSPS) is 17.3. The SMILES string of the molecule is Cc1ccc(CN(C)CC2CCNCC2)cc1Br. The number of piperidine rings is 1. The summed E-state index contributed by atoms with van der Waals surface area (Å²) in [6.45, 7) is 6.77. The summed E-state index contributed by atoms with van der Waals surface area (Å²) in [4.78, 5) is 2.45. The Kier molecular flexibility index (Phi) is 5.22. The third kappa shape index (κ3) is 4.08. The van der Waals surface area contributed by atoms with Crippen LogP contribution < -0.4 is 5.32 Å². The molecule has 1 heterocycles. The Labute approximate surface area is 119 Å². The molecule has 1 saturated heterocycles. The quantitative estimate of drug-likeness (QED) is 0.919. The first-order valence-corrected chi connectivity index (χ1v) is 7.59. The summed E-state index contributed by atoms with van der Waals surface area (Å²) >= 11 is 3.61. The fourth-order valence-electron chi connectivity index (χ4n) is 2.62. The van der Waals surface area contributed by atoms with Gasteiger partial charge in [0.25, 0.3) is 0 Å². The van der Waals surface area contributed by atoms with Crippen LogP contribution in [-0.2, 0) is 6.54 Å². The molecule has 0 unspecified atom stereocenters. The van der Waals surface area contributed by atoms with Gasteiger partial charge < -0.3 is 10.2 Å². The standard InChI is InChI=1S/C15H23BrN2/c1-12-3-4-14(9-15(12)16)11-18(2)10-13-5-7-17-8-6-13/h3-4,9,13,17H,5-8,10-11H2,1-2H3. The maximum atomic E-state index is 3.61. The molecule has 3 heteroatoms. The lowest BCUT2D eigenvalue weighted by molar-refractivity contribution is 0.234. The fourth-order valence-corrected chi connectivity index (χ4v) is 3.04. The minimum absolute atomic E-state index is 0.866. The Morgan fingerprint density at radius 1 is 1.33 bits per heavy atom. The van der Waals surface area contributed by atoms with Crippen LogP contribution in [0.25, 0.3) is 0 Å². The smallest absolute Gasteiger partial charge is 0.0231 e. The summed E-state index contributed by atoms with van der Waals surface area (Å²) in [5.74, 6) is 0.866. The highest BCUT2D eigenvalue weighted by atomic mass is 79.9. The van der Waals surface area contributed by atoms with Gasteiger partial charge in [-0.2, -0.15) is 0 Å². The van der Waals surface area contributed by atoms with Gasteiger partial charge >= 0.3 is 0 Å². The highest BCUT2D eigenvalue weighted by Crippen LogP contribution is 2.19. The predicted octanol–water partition coefficient (Wildman–Crippen LogP) is 3.19. The third-order valence-electron chi connectivity index (χ3n) is 3.72. The molecule has 1 fully saturated rings. The van der Waals surface area contributed by atoms with E-state index < -0.39 is 0 Å². The molecule has 100 valence electrons. The van der Waals surface area contributed by atoms with Crippen molar-refractivity contribution >= 4 is 15.9 Å². The van der Waals surface area contributed by atoms with Crippen molar-refractivity contribution in [1.82, 2.24) is 10.2 Å². The highest BCUT2D eigenvalue weighted by Gasteiger charge is 2.15. The van der Waals surface area contributed by atoms with E-state index in [1.54, 1.807) is 0 Å². The van der Waals surface area contributed by atoms with Crippen molar-refractivity contribution in [3.8, 4) is 0 Å². The second-order valence-corrected chi connectivity index (χ2v) is 6.33. The van der Waals surface area contributed by atoms with Crippen LogP contribution in [0.3, 0.4) is 0 Å². The van der Waals surface area contributed by atoms with Gasteiger partial charge in [-0.15, -0.1) is 0 Å². The maximum Gasteiger partial charge on any atom is 0.0231 e. The van der Waals surface area contributed by atoms with E-state index in [0.29, 0.717) is 0 Å². The van der Waals surface area contributed by atoms with E-state index in [2.05, 4.69) is 58.3 Å². The summed E-state index contributed by atoms with van der Waals surface area (Å²) in [7, 11) is 2.23. The van der Waals surface area contributed by atoms with E-state index in [1.165, 1.54) is 48.1 Å². The number of nitrogens with zero attached hydrogens (tertiary/aromatic N) is 1. The van der Waals surface area contributed by atoms with Gasteiger partial charge in [0.2, 0.25) is 0 Å². The van der Waals surface area contributed by atoms with Crippen LogP contribution in [0, 0.1) is 12.8 Å². The molecule has 0 atom stereocenters. The molecule has 0 bridgehead atoms. The van der Waals surface area contributed by atoms with Crippen LogP contribution in [0.15, 0.2) is 22.7 Å². The largest absolute Gasteiger partial charge is 0.317 e. The van der Waals surface area contributed by atoms with E-state index in [0.717, 1.165) is 12.5 Å². The number of hydrogen-bond acceptors (Lipinski definition) is 2. The molecule has 0 radical (unpaired) electrons. The summed E-state index contributed by atoms with van der Waals surface area (Å²) in [5, 5.41) is 3.43. The van der Waals surface area contributed by atoms with Gasteiger partial charge in [0.1, 0.15) is 0 Å². The fraction of sp³-hybridized carbons (Fsp3) is 0.600. The Morgan fingerprint density at radius 3 is 2.72 bits per heavy atom. The lowest BCUT2D eigenvalue weighted by atomic mass is 9.97. The predicted molar refractivity (Wildman–Crippen MR) is 80.8 cm³/mol. The monoisotopic (exact) mass is 310 g/mol. The van der Waals surface area contributed by atoms with Crippen molar-refractivity contribution in [3.05, 3.63) is 33.8 Å². The van der Waals surface area contributed by atoms with E-state index in [9.17, 15) is 0 Å². The van der Waals surface area contributed by atoms with Crippen molar-refractivity contribution in [1.29, 1.82) is 0 Å². The zero-order chi connectivity index (χ0) is 13.0. The molecule has 0 saturated carbocycles. The van der Waals surface area contributed by atoms with Crippen LogP contribution >= 0.6 is 15.9 Å². The molecule has 2 rings (SSSR count). The number of benzene rings is 1. The van der Waals surface area contributed by atoms with Gasteiger partial charge in [-0.3, -0.25) is 0 Å². The van der Waals surface area contributed by atoms with Crippen LogP contribution in [0.2, 0.25) is 0 Å². The number of halogens is 1. The maximum absolute atomic E-state index is 3.61. The van der Waals surface area contributed by atoms with Gasteiger partial charge in [0.05, 0.1) is 0 Å². The zero-order valence-corrected chi connectivity index (χ0v) is 13.0. The Bertz CT molecular complexity index is 386. The average molecular weight is 311 g/mol. The van der Waals surface area contributed by atoms with E-state index in [1.807, 2.05) is 0 Å². The lowest BCUT2D eigenvalue weighted by Crippen LogP contribution is -2.34. The summed E-state index contributed by atoms with van der Waals surface area (Å²) in [6, 6.07) is 6.67. The Morgan fingerprint density at radius 2 is 2.06 bits per heavy atom. The molecule has 1 aliphatic rings. The van der Waals surface area contributed by atoms with Gasteiger partial charge in [-0.1, -0.05) is 28.1 Å². The van der Waals surface area contributed by atoms with E-state index in [-0.39, 0.29) is 0 Å². The van der Waals surface area contributed by atoms with Crippen LogP contribution in [-0.4, -0.2) is 31.6 Å². The molecule has 0 spiro atoms. The second-order valence-electron chi connectivity index (χ2n) is 5.47. The first-order chi connectivity index (χ1) is 8.65. The number of hydrogen-bond donors (Lipinski definition) is 1. The van der Waals surface area contributed by atoms with Crippen molar-refractivity contribution in [2.45, 2.75) is 26.3 Å². The van der Waals surface area contributed by atoms with E-state index >= 15 is 0 Å². The van der Waals surface area contributed by atoms with Crippen molar-refractivity contribution < 1.29 is 0 Å². The Hall–Kier alpha value is -0.380. The lowest BCUT2D eigenvalue weighted by Gasteiger charge is -2.27. The second kappa shape index (κ2) is 6.69. The topological polar surface area (TPSA) is 15.3 Å². The zero-order valence-electron chi connectivity index (χ0n) is 11.4. The molecule has 1 N–H and O–H groups in total. The third-order valence-corrected chi connectivity index (χ3v) is 4.57. The van der Waals surface area contributed by atoms with E-state index in [4.69, 9.17) is 0 Å². The molecular formula is C15H23BrN2. The molecule has 0 aliphatic carbocycles. The molecule has 1 aliphatic heterocycles. The number of nitrogens with one attached hydrogen (secondary N) is 1. The van der Waals surface area contributed by atoms with Gasteiger partial charge in [0, 0.05) is 17.6 Å². The average Bonchev–Trinajstić information content (AvgIpc) is 2.35. The van der Waals surface area contributed by atoms with Gasteiger partial charge in [-0.05, 0) is 63.0 Å². The first kappa shape index (κ1) is 14.0. The number of aryl methyl sites for hydroxylation is 1. The number of rotatable bonds is 4. The minimum atomic E-state index is 0.866. The first-order valence-electron chi connectivity index (χ1n) is 6.79. The highest BCUT2D eigenvalue weighted by molar-refractivity contribution is 9.10. The minimum Gasteiger partial charge on any atom is -0.317 e. The van der Waals surface area contributed by atoms with Crippen molar-refractivity contribution in [2.75, 3.05) is 26.7 Å². The van der Waals surface area contributed by atoms with Crippen LogP contribution in [0.4, 0.5) is 0 Å². The molecule has 1 aromatic carbocycles. The molecule has 2 nitrogen and oxygen atoms in total. The van der Waals surface area contributed by atoms with Crippen molar-refractivity contribution in [2.24, 2.45) is 5.92 Å².